The number of aromatic hydroxyl groups is 1. The first kappa shape index (κ1) is 23.3. The van der Waals surface area contributed by atoms with Crippen molar-refractivity contribution in [1.82, 2.24) is 0 Å². The number of nitriles is 1. The number of hydrogen-bond donors (Lipinski definition) is 3. The van der Waals surface area contributed by atoms with Gasteiger partial charge >= 0.3 is 0 Å². The fourth-order valence-corrected chi connectivity index (χ4v) is 5.50. The highest BCUT2D eigenvalue weighted by Crippen LogP contribution is 2.50. The summed E-state index contributed by atoms with van der Waals surface area (Å²) in [6.45, 7) is 0. The van der Waals surface area contributed by atoms with Gasteiger partial charge in [-0.1, -0.05) is 11.8 Å². The van der Waals surface area contributed by atoms with Gasteiger partial charge in [-0.15, -0.1) is 0 Å². The molecule has 2 fully saturated rings. The van der Waals surface area contributed by atoms with Crippen LogP contribution in [0.1, 0.15) is 53.6 Å². The predicted molar refractivity (Wildman–Crippen MR) is 115 cm³/mol. The van der Waals surface area contributed by atoms with Crippen LogP contribution in [0.3, 0.4) is 0 Å². The van der Waals surface area contributed by atoms with E-state index in [-0.39, 0.29) is 30.6 Å². The molecular formula is C25H22N2O7. The first-order valence-corrected chi connectivity index (χ1v) is 11.0. The Labute approximate surface area is 194 Å². The van der Waals surface area contributed by atoms with Crippen LogP contribution in [0.2, 0.25) is 0 Å². The zero-order chi connectivity index (χ0) is 24.8. The molecule has 1 aromatic rings. The minimum atomic E-state index is -2.66. The van der Waals surface area contributed by atoms with E-state index in [1.165, 1.54) is 6.07 Å². The molecule has 2 saturated carbocycles. The number of hydrogen-bond acceptors (Lipinski definition) is 8. The van der Waals surface area contributed by atoms with E-state index in [4.69, 9.17) is 11.0 Å². The fourth-order valence-electron chi connectivity index (χ4n) is 5.50. The lowest BCUT2D eigenvalue weighted by Gasteiger charge is -2.48. The van der Waals surface area contributed by atoms with Crippen LogP contribution in [0.5, 0.6) is 5.75 Å². The van der Waals surface area contributed by atoms with E-state index in [2.05, 4.69) is 11.8 Å². The number of ketones is 4. The lowest BCUT2D eigenvalue weighted by molar-refractivity contribution is -0.175. The summed E-state index contributed by atoms with van der Waals surface area (Å²) in [5, 5.41) is 30.2. The summed E-state index contributed by atoms with van der Waals surface area (Å²) in [5.74, 6) is -4.47. The molecule has 0 spiro atoms. The zero-order valence-electron chi connectivity index (χ0n) is 18.2. The number of nitrogens with zero attached hydrogens (tertiary/aromatic N) is 1. The molecule has 174 valence electrons. The summed E-state index contributed by atoms with van der Waals surface area (Å²) in [6, 6.07) is 4.91. The summed E-state index contributed by atoms with van der Waals surface area (Å²) in [6.07, 6.45) is 1.27. The number of phenols is 1. The largest absolute Gasteiger partial charge is 0.507 e. The van der Waals surface area contributed by atoms with Crippen molar-refractivity contribution in [2.45, 2.75) is 44.1 Å². The molecule has 0 radical (unpaired) electrons. The van der Waals surface area contributed by atoms with E-state index >= 15 is 0 Å². The molecule has 5 atom stereocenters. The monoisotopic (exact) mass is 462 g/mol. The number of rotatable bonds is 3. The average Bonchev–Trinajstić information content (AvgIpc) is 2.77. The number of phenolic OH excluding ortho intramolecular Hbond substituents is 1. The van der Waals surface area contributed by atoms with Crippen molar-refractivity contribution in [2.24, 2.45) is 29.4 Å². The van der Waals surface area contributed by atoms with Gasteiger partial charge < -0.3 is 15.9 Å². The number of aliphatic hydroxyl groups is 1. The van der Waals surface area contributed by atoms with Gasteiger partial charge in [0.1, 0.15) is 5.75 Å². The summed E-state index contributed by atoms with van der Waals surface area (Å²) in [5.41, 5.74) is 3.42. The standard InChI is InChI=1S/C25H22N2O7/c26-8-4-2-1-3-5-12-6-7-16(28)19-15(12)10-13-9-14-11-17(29)20(24(27)33)23(32)25(14,34)22(31)18(13)21(19)30/h6-7,13-14,18,20,28,34H,1-2,4,9-11H2,(H2,27,33)/t13-,14+,18?,20?,25+/m1/s1. The second kappa shape index (κ2) is 8.51. The highest BCUT2D eigenvalue weighted by Gasteiger charge is 2.66. The molecule has 4 rings (SSSR count). The molecule has 34 heavy (non-hydrogen) atoms. The molecule has 3 aliphatic rings. The van der Waals surface area contributed by atoms with Gasteiger partial charge in [0.15, 0.2) is 34.7 Å². The first-order valence-electron chi connectivity index (χ1n) is 11.0. The van der Waals surface area contributed by atoms with Crippen molar-refractivity contribution in [2.75, 3.05) is 0 Å². The summed E-state index contributed by atoms with van der Waals surface area (Å²) < 4.78 is 0. The quantitative estimate of drug-likeness (QED) is 0.328. The van der Waals surface area contributed by atoms with Crippen molar-refractivity contribution in [1.29, 1.82) is 5.26 Å². The van der Waals surface area contributed by atoms with Gasteiger partial charge in [-0.25, -0.2) is 0 Å². The highest BCUT2D eigenvalue weighted by atomic mass is 16.3. The van der Waals surface area contributed by atoms with Crippen molar-refractivity contribution in [3.63, 3.8) is 0 Å². The number of carbonyl (C=O) groups excluding carboxylic acids is 5. The Kier molecular flexibility index (Phi) is 5.84. The van der Waals surface area contributed by atoms with Gasteiger partial charge in [-0.3, -0.25) is 24.0 Å². The maximum atomic E-state index is 13.4. The second-order valence-electron chi connectivity index (χ2n) is 9.04. The number of amides is 1. The third-order valence-electron chi connectivity index (χ3n) is 7.10. The topological polar surface area (TPSA) is 176 Å². The predicted octanol–water partition coefficient (Wildman–Crippen LogP) is 0.372. The van der Waals surface area contributed by atoms with Crippen LogP contribution in [-0.2, 0) is 25.6 Å². The number of carbonyl (C=O) groups is 5. The molecule has 2 unspecified atom stereocenters. The number of nitrogens with two attached hydrogens (primary N) is 1. The number of fused-ring (bicyclic) bond motifs is 3. The molecule has 1 aromatic carbocycles. The molecule has 4 N–H and O–H groups in total. The zero-order valence-corrected chi connectivity index (χ0v) is 18.2. The molecule has 0 heterocycles. The molecule has 9 heteroatoms. The molecule has 9 nitrogen and oxygen atoms in total. The fraction of sp³-hybridized carbons (Fsp3) is 0.440. The van der Waals surface area contributed by atoms with E-state index < -0.39 is 58.3 Å². The smallest absolute Gasteiger partial charge is 0.235 e. The van der Waals surface area contributed by atoms with Gasteiger partial charge in [0.05, 0.1) is 17.6 Å². The van der Waals surface area contributed by atoms with E-state index in [9.17, 15) is 34.2 Å². The van der Waals surface area contributed by atoms with E-state index in [0.717, 1.165) is 0 Å². The van der Waals surface area contributed by atoms with Crippen molar-refractivity contribution in [3.8, 4) is 23.7 Å². The van der Waals surface area contributed by atoms with E-state index in [1.807, 2.05) is 6.07 Å². The molecule has 0 aromatic heterocycles. The Morgan fingerprint density at radius 1 is 1.15 bits per heavy atom. The summed E-state index contributed by atoms with van der Waals surface area (Å²) >= 11 is 0. The third-order valence-corrected chi connectivity index (χ3v) is 7.10. The SMILES string of the molecule is N#CCCCC#Cc1ccc(O)c2c1C[C@H]1C[C@H]3CC(=O)C(C(N)=O)C(=O)[C@@]3(O)C(=O)C1C2=O. The Morgan fingerprint density at radius 2 is 1.88 bits per heavy atom. The van der Waals surface area contributed by atoms with E-state index in [1.54, 1.807) is 6.07 Å². The van der Waals surface area contributed by atoms with Crippen LogP contribution >= 0.6 is 0 Å². The van der Waals surface area contributed by atoms with Crippen LogP contribution < -0.4 is 5.73 Å². The number of benzene rings is 1. The number of primary amides is 1. The normalized spacial score (nSPS) is 29.8. The van der Waals surface area contributed by atoms with Gasteiger partial charge in [-0.05, 0) is 42.9 Å². The van der Waals surface area contributed by atoms with Gasteiger partial charge in [0, 0.05) is 30.7 Å². The lowest BCUT2D eigenvalue weighted by atomic mass is 9.53. The summed E-state index contributed by atoms with van der Waals surface area (Å²) in [7, 11) is 0. The average molecular weight is 462 g/mol. The van der Waals surface area contributed by atoms with Crippen LogP contribution in [-0.4, -0.2) is 44.9 Å². The second-order valence-corrected chi connectivity index (χ2v) is 9.04. The molecule has 3 aliphatic carbocycles. The maximum Gasteiger partial charge on any atom is 0.235 e. The highest BCUT2D eigenvalue weighted by molar-refractivity contribution is 6.31. The maximum absolute atomic E-state index is 13.4. The first-order chi connectivity index (χ1) is 16.1. The van der Waals surface area contributed by atoms with Gasteiger partial charge in [0.25, 0.3) is 0 Å². The third kappa shape index (κ3) is 3.41. The van der Waals surface area contributed by atoms with Gasteiger partial charge in [-0.2, -0.15) is 5.26 Å². The molecular weight excluding hydrogens is 440 g/mol. The Balaban J connectivity index is 1.73. The molecule has 1 amide bonds. The molecule has 0 saturated heterocycles. The van der Waals surface area contributed by atoms with Crippen LogP contribution in [0.4, 0.5) is 0 Å². The number of Topliss-reactive ketones (excluding diaryl/α,β-unsaturated/α-hetero) is 4. The number of unbranched alkanes of at least 4 members (excludes halogenated alkanes) is 2. The van der Waals surface area contributed by atoms with E-state index in [0.29, 0.717) is 30.4 Å². The Morgan fingerprint density at radius 3 is 2.56 bits per heavy atom. The Hall–Kier alpha value is -3.82. The van der Waals surface area contributed by atoms with Crippen LogP contribution in [0.25, 0.3) is 0 Å². The van der Waals surface area contributed by atoms with Crippen LogP contribution in [0, 0.1) is 46.8 Å². The minimum Gasteiger partial charge on any atom is -0.507 e. The van der Waals surface area contributed by atoms with Crippen molar-refractivity contribution >= 4 is 29.0 Å². The van der Waals surface area contributed by atoms with Gasteiger partial charge in [0.2, 0.25) is 5.91 Å². The van der Waals surface area contributed by atoms with Crippen molar-refractivity contribution in [3.05, 3.63) is 28.8 Å². The summed E-state index contributed by atoms with van der Waals surface area (Å²) in [4.78, 5) is 63.7. The van der Waals surface area contributed by atoms with Crippen LogP contribution in [0.15, 0.2) is 12.1 Å². The molecule has 0 bridgehead atoms. The lowest BCUT2D eigenvalue weighted by Crippen LogP contribution is -2.68. The minimum absolute atomic E-state index is 0.0335. The molecule has 0 aliphatic heterocycles. The van der Waals surface area contributed by atoms with Crippen molar-refractivity contribution < 1.29 is 34.2 Å². The Bertz CT molecular complexity index is 1250.